The lowest BCUT2D eigenvalue weighted by Gasteiger charge is -2.48. The zero-order valence-electron chi connectivity index (χ0n) is 19.7. The van der Waals surface area contributed by atoms with E-state index in [4.69, 9.17) is 9.47 Å². The van der Waals surface area contributed by atoms with E-state index < -0.39 is 0 Å². The van der Waals surface area contributed by atoms with Gasteiger partial charge in [0.05, 0.1) is 32.1 Å². The van der Waals surface area contributed by atoms with E-state index in [-0.39, 0.29) is 11.4 Å². The molecule has 4 rings (SSSR count). The molecular weight excluding hydrogens is 404 g/mol. The first-order valence-corrected chi connectivity index (χ1v) is 12.5. The number of hydrogen-bond donors (Lipinski definition) is 1. The second kappa shape index (κ2) is 11.3. The van der Waals surface area contributed by atoms with Crippen molar-refractivity contribution in [2.24, 2.45) is 0 Å². The van der Waals surface area contributed by atoms with E-state index in [2.05, 4.69) is 32.1 Å². The predicted molar refractivity (Wildman–Crippen MR) is 127 cm³/mol. The number of carbonyl (C=O) groups is 1. The predicted octanol–water partition coefficient (Wildman–Crippen LogP) is 2.36. The summed E-state index contributed by atoms with van der Waals surface area (Å²) < 4.78 is 11.4. The van der Waals surface area contributed by atoms with Crippen molar-refractivity contribution in [3.63, 3.8) is 0 Å². The lowest BCUT2D eigenvalue weighted by atomic mass is 9.79. The topological polar surface area (TPSA) is 57.3 Å². The molecule has 1 N–H and O–H groups in total. The maximum Gasteiger partial charge on any atom is 0.234 e. The van der Waals surface area contributed by atoms with E-state index in [1.54, 1.807) is 0 Å². The van der Waals surface area contributed by atoms with Crippen LogP contribution in [0.15, 0.2) is 24.3 Å². The molecule has 0 atom stereocenters. The number of nitrogens with one attached hydrogen (secondary N) is 1. The molecule has 1 aromatic carbocycles. The average Bonchev–Trinajstić information content (AvgIpc) is 2.85. The number of nitrogens with zero attached hydrogens (tertiary/aromatic N) is 3. The minimum Gasteiger partial charge on any atom is -0.492 e. The number of piperazine rings is 1. The summed E-state index contributed by atoms with van der Waals surface area (Å²) in [5.74, 6) is 1.11. The molecule has 0 unspecified atom stereocenters. The molecule has 1 aromatic rings. The van der Waals surface area contributed by atoms with Crippen molar-refractivity contribution in [2.45, 2.75) is 44.6 Å². The molecule has 3 fully saturated rings. The standard InChI is InChI=1S/C25H40N4O3/c1-2-32-23-9-5-4-8-22(23)28-14-12-27(13-15-28)20-24(30)26-21-25(10-6-3-7-11-25)29-16-18-31-19-17-29/h4-5,8-9H,2-3,6-7,10-21H2,1H3,(H,26,30). The SMILES string of the molecule is CCOc1ccccc1N1CCN(CC(=O)NCC2(N3CCOCC3)CCCCC2)CC1. The monoisotopic (exact) mass is 444 g/mol. The molecule has 32 heavy (non-hydrogen) atoms. The number of rotatable bonds is 8. The van der Waals surface area contributed by atoms with Crippen LogP contribution in [0.5, 0.6) is 5.75 Å². The Bertz CT molecular complexity index is 724. The summed E-state index contributed by atoms with van der Waals surface area (Å²) in [4.78, 5) is 20.1. The van der Waals surface area contributed by atoms with Crippen molar-refractivity contribution in [2.75, 3.05) is 77.1 Å². The van der Waals surface area contributed by atoms with Crippen LogP contribution in [-0.2, 0) is 9.53 Å². The number of morpholine rings is 1. The van der Waals surface area contributed by atoms with Crippen LogP contribution in [0.3, 0.4) is 0 Å². The quantitative estimate of drug-likeness (QED) is 0.664. The molecule has 2 heterocycles. The summed E-state index contributed by atoms with van der Waals surface area (Å²) in [6, 6.07) is 8.25. The van der Waals surface area contributed by atoms with E-state index in [9.17, 15) is 4.79 Å². The fraction of sp³-hybridized carbons (Fsp3) is 0.720. The Morgan fingerprint density at radius 3 is 2.47 bits per heavy atom. The number of benzene rings is 1. The number of amides is 1. The van der Waals surface area contributed by atoms with Crippen LogP contribution in [0, 0.1) is 0 Å². The van der Waals surface area contributed by atoms with Crippen LogP contribution in [0.1, 0.15) is 39.0 Å². The van der Waals surface area contributed by atoms with Gasteiger partial charge in [0.25, 0.3) is 0 Å². The maximum atomic E-state index is 12.8. The molecule has 0 aromatic heterocycles. The third-order valence-corrected chi connectivity index (χ3v) is 7.33. The number of ether oxygens (including phenoxy) is 2. The molecule has 2 saturated heterocycles. The average molecular weight is 445 g/mol. The van der Waals surface area contributed by atoms with Crippen molar-refractivity contribution in [1.82, 2.24) is 15.1 Å². The summed E-state index contributed by atoms with van der Waals surface area (Å²) >= 11 is 0. The summed E-state index contributed by atoms with van der Waals surface area (Å²) in [5.41, 5.74) is 1.28. The zero-order valence-corrected chi connectivity index (χ0v) is 19.7. The van der Waals surface area contributed by atoms with Gasteiger partial charge in [0.1, 0.15) is 5.75 Å². The number of anilines is 1. The highest BCUT2D eigenvalue weighted by Gasteiger charge is 2.38. The number of hydrogen-bond acceptors (Lipinski definition) is 6. The van der Waals surface area contributed by atoms with Crippen LogP contribution >= 0.6 is 0 Å². The molecule has 0 spiro atoms. The molecule has 0 bridgehead atoms. The van der Waals surface area contributed by atoms with Gasteiger partial charge in [-0.15, -0.1) is 0 Å². The van der Waals surface area contributed by atoms with Gasteiger partial charge in [0.2, 0.25) is 5.91 Å². The molecule has 1 saturated carbocycles. The van der Waals surface area contributed by atoms with Crippen molar-refractivity contribution in [3.05, 3.63) is 24.3 Å². The van der Waals surface area contributed by atoms with Crippen molar-refractivity contribution >= 4 is 11.6 Å². The maximum absolute atomic E-state index is 12.8. The van der Waals surface area contributed by atoms with Crippen LogP contribution in [0.4, 0.5) is 5.69 Å². The molecule has 178 valence electrons. The number of para-hydroxylation sites is 2. The first-order valence-electron chi connectivity index (χ1n) is 12.5. The van der Waals surface area contributed by atoms with Gasteiger partial charge in [-0.05, 0) is 31.9 Å². The van der Waals surface area contributed by atoms with Crippen LogP contribution in [-0.4, -0.2) is 93.4 Å². The van der Waals surface area contributed by atoms with Gasteiger partial charge in [-0.1, -0.05) is 31.4 Å². The molecule has 0 radical (unpaired) electrons. The molecule has 2 aliphatic heterocycles. The molecule has 1 amide bonds. The van der Waals surface area contributed by atoms with Crippen molar-refractivity contribution < 1.29 is 14.3 Å². The van der Waals surface area contributed by atoms with Crippen molar-refractivity contribution in [1.29, 1.82) is 0 Å². The van der Waals surface area contributed by atoms with Gasteiger partial charge in [-0.2, -0.15) is 0 Å². The minimum absolute atomic E-state index is 0.124. The highest BCUT2D eigenvalue weighted by atomic mass is 16.5. The summed E-state index contributed by atoms with van der Waals surface area (Å²) in [5, 5.41) is 3.31. The molecule has 7 heteroatoms. The third-order valence-electron chi connectivity index (χ3n) is 7.33. The first kappa shape index (κ1) is 23.3. The fourth-order valence-electron chi connectivity index (χ4n) is 5.52. The second-order valence-corrected chi connectivity index (χ2v) is 9.33. The summed E-state index contributed by atoms with van der Waals surface area (Å²) in [7, 11) is 0. The van der Waals surface area contributed by atoms with E-state index in [0.717, 1.165) is 70.5 Å². The summed E-state index contributed by atoms with van der Waals surface area (Å²) in [6.07, 6.45) is 6.21. The zero-order chi connectivity index (χ0) is 22.2. The first-order chi connectivity index (χ1) is 15.7. The van der Waals surface area contributed by atoms with Crippen LogP contribution in [0.2, 0.25) is 0 Å². The van der Waals surface area contributed by atoms with Gasteiger partial charge >= 0.3 is 0 Å². The second-order valence-electron chi connectivity index (χ2n) is 9.33. The van der Waals surface area contributed by atoms with Gasteiger partial charge < -0.3 is 19.7 Å². The Hall–Kier alpha value is -1.83. The Labute approximate surface area is 193 Å². The highest BCUT2D eigenvalue weighted by Crippen LogP contribution is 2.34. The Morgan fingerprint density at radius 2 is 1.75 bits per heavy atom. The number of carbonyl (C=O) groups excluding carboxylic acids is 1. The van der Waals surface area contributed by atoms with E-state index in [1.165, 1.54) is 32.1 Å². The summed E-state index contributed by atoms with van der Waals surface area (Å²) in [6.45, 7) is 11.1. The van der Waals surface area contributed by atoms with Crippen molar-refractivity contribution in [3.8, 4) is 5.75 Å². The van der Waals surface area contributed by atoms with Gasteiger partial charge in [0, 0.05) is 51.4 Å². The van der Waals surface area contributed by atoms with Crippen LogP contribution < -0.4 is 15.0 Å². The Kier molecular flexibility index (Phi) is 8.27. The fourth-order valence-corrected chi connectivity index (χ4v) is 5.52. The van der Waals surface area contributed by atoms with Gasteiger partial charge in [-0.25, -0.2) is 0 Å². The van der Waals surface area contributed by atoms with E-state index >= 15 is 0 Å². The van der Waals surface area contributed by atoms with Crippen LogP contribution in [0.25, 0.3) is 0 Å². The molecule has 1 aliphatic carbocycles. The van der Waals surface area contributed by atoms with Gasteiger partial charge in [-0.3, -0.25) is 14.6 Å². The lowest BCUT2D eigenvalue weighted by molar-refractivity contribution is -0.123. The van der Waals surface area contributed by atoms with Gasteiger partial charge in [0.15, 0.2) is 0 Å². The molecular formula is C25H40N4O3. The van der Waals surface area contributed by atoms with E-state index in [1.807, 2.05) is 19.1 Å². The smallest absolute Gasteiger partial charge is 0.234 e. The Morgan fingerprint density at radius 1 is 1.03 bits per heavy atom. The minimum atomic E-state index is 0.124. The lowest BCUT2D eigenvalue weighted by Crippen LogP contribution is -2.60. The largest absolute Gasteiger partial charge is 0.492 e. The highest BCUT2D eigenvalue weighted by molar-refractivity contribution is 5.78. The Balaban J connectivity index is 1.26. The molecule has 3 aliphatic rings. The molecule has 7 nitrogen and oxygen atoms in total. The normalized spacial score (nSPS) is 22.5. The van der Waals surface area contributed by atoms with E-state index in [0.29, 0.717) is 13.2 Å². The third kappa shape index (κ3) is 5.74.